The highest BCUT2D eigenvalue weighted by atomic mass is 16.3. The highest BCUT2D eigenvalue weighted by Crippen LogP contribution is 2.31. The molecule has 1 fully saturated rings. The van der Waals surface area contributed by atoms with Crippen LogP contribution in [0.3, 0.4) is 0 Å². The lowest BCUT2D eigenvalue weighted by Gasteiger charge is -2.01. The molecule has 108 valence electrons. The maximum absolute atomic E-state index is 11.5. The van der Waals surface area contributed by atoms with E-state index < -0.39 is 0 Å². The van der Waals surface area contributed by atoms with Crippen LogP contribution >= 0.6 is 0 Å². The van der Waals surface area contributed by atoms with E-state index in [4.69, 9.17) is 4.42 Å². The Labute approximate surface area is 121 Å². The standard InChI is InChI=1S/C18H24O2/c1-4-5-6-7-16(11-10-15-8-9-15)18-12-17(13(2)19)14(3)20-18/h10,12,15H,4-9H2,1-3H3. The van der Waals surface area contributed by atoms with E-state index in [1.54, 1.807) is 6.92 Å². The van der Waals surface area contributed by atoms with Gasteiger partial charge in [-0.05, 0) is 57.6 Å². The zero-order chi connectivity index (χ0) is 14.5. The Morgan fingerprint density at radius 1 is 1.45 bits per heavy atom. The van der Waals surface area contributed by atoms with Gasteiger partial charge in [0.25, 0.3) is 0 Å². The topological polar surface area (TPSA) is 30.2 Å². The number of carbonyl (C=O) groups is 1. The van der Waals surface area contributed by atoms with Gasteiger partial charge >= 0.3 is 0 Å². The van der Waals surface area contributed by atoms with Crippen LogP contribution < -0.4 is 0 Å². The molecule has 1 aliphatic rings. The summed E-state index contributed by atoms with van der Waals surface area (Å²) in [5.74, 6) is 2.31. The van der Waals surface area contributed by atoms with Crippen molar-refractivity contribution in [3.8, 4) is 0 Å². The van der Waals surface area contributed by atoms with Gasteiger partial charge < -0.3 is 4.42 Å². The zero-order valence-electron chi connectivity index (χ0n) is 12.8. The molecule has 1 aromatic rings. The summed E-state index contributed by atoms with van der Waals surface area (Å²) >= 11 is 0. The maximum Gasteiger partial charge on any atom is 0.163 e. The number of rotatable bonds is 7. The second kappa shape index (κ2) is 6.76. The van der Waals surface area contributed by atoms with E-state index in [2.05, 4.69) is 18.7 Å². The van der Waals surface area contributed by atoms with Crippen LogP contribution in [0.15, 0.2) is 22.3 Å². The molecule has 0 aliphatic heterocycles. The van der Waals surface area contributed by atoms with Crippen LogP contribution in [0.5, 0.6) is 0 Å². The average Bonchev–Trinajstić information content (AvgIpc) is 3.15. The lowest BCUT2D eigenvalue weighted by Crippen LogP contribution is -1.90. The van der Waals surface area contributed by atoms with E-state index >= 15 is 0 Å². The molecule has 2 nitrogen and oxygen atoms in total. The van der Waals surface area contributed by atoms with Gasteiger partial charge in [-0.25, -0.2) is 0 Å². The predicted molar refractivity (Wildman–Crippen MR) is 81.8 cm³/mol. The Kier molecular flexibility index (Phi) is 5.03. The monoisotopic (exact) mass is 272 g/mol. The molecule has 2 rings (SSSR count). The summed E-state index contributed by atoms with van der Waals surface area (Å²) < 4.78 is 5.78. The van der Waals surface area contributed by atoms with Gasteiger partial charge in [0, 0.05) is 5.57 Å². The molecule has 1 aromatic heterocycles. The molecule has 0 saturated heterocycles. The number of aryl methyl sites for hydroxylation is 1. The molecule has 0 aromatic carbocycles. The third kappa shape index (κ3) is 3.98. The lowest BCUT2D eigenvalue weighted by molar-refractivity contribution is 0.101. The molecule has 2 heteroatoms. The number of hydrogen-bond acceptors (Lipinski definition) is 2. The van der Waals surface area contributed by atoms with Gasteiger partial charge in [0.15, 0.2) is 5.78 Å². The second-order valence-electron chi connectivity index (χ2n) is 5.72. The first-order valence-corrected chi connectivity index (χ1v) is 7.69. The molecule has 1 saturated carbocycles. The van der Waals surface area contributed by atoms with Crippen LogP contribution in [0.25, 0.3) is 5.57 Å². The number of carbonyl (C=O) groups excluding carboxylic acids is 1. The van der Waals surface area contributed by atoms with Gasteiger partial charge in [-0.15, -0.1) is 5.73 Å². The van der Waals surface area contributed by atoms with E-state index in [9.17, 15) is 4.79 Å². The van der Waals surface area contributed by atoms with Crippen LogP contribution in [-0.4, -0.2) is 5.78 Å². The van der Waals surface area contributed by atoms with Gasteiger partial charge in [-0.2, -0.15) is 0 Å². The van der Waals surface area contributed by atoms with Crippen LogP contribution in [-0.2, 0) is 0 Å². The summed E-state index contributed by atoms with van der Waals surface area (Å²) in [6.45, 7) is 5.64. The minimum Gasteiger partial charge on any atom is -0.460 e. The van der Waals surface area contributed by atoms with E-state index in [1.807, 2.05) is 13.0 Å². The zero-order valence-corrected chi connectivity index (χ0v) is 12.8. The van der Waals surface area contributed by atoms with Crippen LogP contribution in [0.2, 0.25) is 0 Å². The number of allylic oxidation sites excluding steroid dienone is 1. The summed E-state index contributed by atoms with van der Waals surface area (Å²) in [5, 5.41) is 0. The molecule has 0 radical (unpaired) electrons. The number of ketones is 1. The summed E-state index contributed by atoms with van der Waals surface area (Å²) in [6.07, 6.45) is 9.28. The quantitative estimate of drug-likeness (QED) is 0.382. The molecule has 0 spiro atoms. The van der Waals surface area contributed by atoms with Crippen molar-refractivity contribution in [2.24, 2.45) is 5.92 Å². The molecular weight excluding hydrogens is 248 g/mol. The largest absolute Gasteiger partial charge is 0.460 e. The second-order valence-corrected chi connectivity index (χ2v) is 5.72. The Hall–Kier alpha value is -1.53. The van der Waals surface area contributed by atoms with Gasteiger partial charge in [0.05, 0.1) is 5.56 Å². The van der Waals surface area contributed by atoms with Crippen LogP contribution in [0.4, 0.5) is 0 Å². The van der Waals surface area contributed by atoms with Crippen LogP contribution in [0.1, 0.15) is 74.3 Å². The van der Waals surface area contributed by atoms with Gasteiger partial charge in [0.1, 0.15) is 11.5 Å². The Morgan fingerprint density at radius 3 is 2.75 bits per heavy atom. The molecule has 0 amide bonds. The van der Waals surface area contributed by atoms with Crippen molar-refractivity contribution in [2.45, 2.75) is 59.3 Å². The van der Waals surface area contributed by atoms with Crippen molar-refractivity contribution in [3.05, 3.63) is 35.0 Å². The summed E-state index contributed by atoms with van der Waals surface area (Å²) in [6, 6.07) is 1.88. The number of Topliss-reactive ketones (excluding diaryl/α,β-unsaturated/α-hetero) is 1. The third-order valence-electron chi connectivity index (χ3n) is 3.74. The van der Waals surface area contributed by atoms with Crippen molar-refractivity contribution in [1.82, 2.24) is 0 Å². The van der Waals surface area contributed by atoms with Gasteiger partial charge in [-0.3, -0.25) is 4.79 Å². The summed E-state index contributed by atoms with van der Waals surface area (Å²) in [7, 11) is 0. The molecule has 1 aliphatic carbocycles. The van der Waals surface area contributed by atoms with E-state index in [0.717, 1.165) is 24.2 Å². The van der Waals surface area contributed by atoms with Crippen molar-refractivity contribution >= 4 is 11.4 Å². The normalized spacial score (nSPS) is 13.9. The molecule has 0 atom stereocenters. The minimum absolute atomic E-state index is 0.0663. The lowest BCUT2D eigenvalue weighted by atomic mass is 10.0. The highest BCUT2D eigenvalue weighted by Gasteiger charge is 2.18. The summed E-state index contributed by atoms with van der Waals surface area (Å²) in [4.78, 5) is 11.5. The molecule has 1 heterocycles. The van der Waals surface area contributed by atoms with E-state index in [0.29, 0.717) is 17.2 Å². The van der Waals surface area contributed by atoms with Gasteiger partial charge in [0.2, 0.25) is 0 Å². The fourth-order valence-corrected chi connectivity index (χ4v) is 2.28. The van der Waals surface area contributed by atoms with Crippen molar-refractivity contribution < 1.29 is 9.21 Å². The highest BCUT2D eigenvalue weighted by molar-refractivity contribution is 5.95. The molecule has 20 heavy (non-hydrogen) atoms. The molecule has 0 N–H and O–H groups in total. The number of hydrogen-bond donors (Lipinski definition) is 0. The first-order chi connectivity index (χ1) is 9.61. The fourth-order valence-electron chi connectivity index (χ4n) is 2.28. The van der Waals surface area contributed by atoms with Crippen molar-refractivity contribution in [1.29, 1.82) is 0 Å². The Morgan fingerprint density at radius 2 is 2.20 bits per heavy atom. The van der Waals surface area contributed by atoms with Crippen LogP contribution in [0, 0.1) is 12.8 Å². The first kappa shape index (κ1) is 14.9. The number of furan rings is 1. The average molecular weight is 272 g/mol. The molecule has 0 bridgehead atoms. The van der Waals surface area contributed by atoms with Crippen molar-refractivity contribution in [3.63, 3.8) is 0 Å². The predicted octanol–water partition coefficient (Wildman–Crippen LogP) is 5.32. The summed E-state index contributed by atoms with van der Waals surface area (Å²) in [5.41, 5.74) is 5.23. The van der Waals surface area contributed by atoms with Crippen molar-refractivity contribution in [2.75, 3.05) is 0 Å². The number of unbranched alkanes of at least 4 members (excludes halogenated alkanes) is 2. The SMILES string of the molecule is CCCCCC(=C=CC1CC1)c1cc(C(C)=O)c(C)o1. The molecule has 0 unspecified atom stereocenters. The molecular formula is C18H24O2. The maximum atomic E-state index is 11.5. The van der Waals surface area contributed by atoms with E-state index in [1.165, 1.54) is 25.7 Å². The third-order valence-corrected chi connectivity index (χ3v) is 3.74. The smallest absolute Gasteiger partial charge is 0.163 e. The fraction of sp³-hybridized carbons (Fsp3) is 0.556. The Balaban J connectivity index is 2.23. The Bertz CT molecular complexity index is 538. The minimum atomic E-state index is 0.0663. The van der Waals surface area contributed by atoms with Gasteiger partial charge in [-0.1, -0.05) is 19.8 Å². The van der Waals surface area contributed by atoms with E-state index in [-0.39, 0.29) is 5.78 Å². The first-order valence-electron chi connectivity index (χ1n) is 7.69.